The first-order valence-corrected chi connectivity index (χ1v) is 10.1. The number of nitrogens with one attached hydrogen (secondary N) is 1. The van der Waals surface area contributed by atoms with Crippen molar-refractivity contribution in [1.29, 1.82) is 0 Å². The number of nitrogens with zero attached hydrogens (tertiary/aromatic N) is 3. The van der Waals surface area contributed by atoms with Crippen molar-refractivity contribution in [2.24, 2.45) is 14.1 Å². The van der Waals surface area contributed by atoms with Gasteiger partial charge in [-0.15, -0.1) is 0 Å². The summed E-state index contributed by atoms with van der Waals surface area (Å²) in [7, 11) is 4.51. The highest BCUT2D eigenvalue weighted by Gasteiger charge is 2.13. The van der Waals surface area contributed by atoms with E-state index in [1.54, 1.807) is 13.2 Å². The second-order valence-electron chi connectivity index (χ2n) is 7.45. The summed E-state index contributed by atoms with van der Waals surface area (Å²) in [4.78, 5) is 52.1. The molecule has 11 heteroatoms. The van der Waals surface area contributed by atoms with Gasteiger partial charge in [-0.3, -0.25) is 18.7 Å². The van der Waals surface area contributed by atoms with E-state index in [9.17, 15) is 19.2 Å². The molecule has 3 heterocycles. The van der Waals surface area contributed by atoms with Crippen molar-refractivity contribution in [1.82, 2.24) is 19.1 Å². The summed E-state index contributed by atoms with van der Waals surface area (Å²) >= 11 is 0. The number of hydrogen-bond donors (Lipinski definition) is 2. The standard InChI is InChI=1S/C11H14N4O4.C11H10O3/c1-14-9-8(10(18)15(2)11(14)19)12-6(13-9)4-3-5-7(16)17;1-7-5-11(12)14-10-6-8(13-2)3-4-9(7)10/h3-5H2,1-2H3,(H,12,13)(H,16,17);3-6H,1-2H3. The molecule has 33 heavy (non-hydrogen) atoms. The maximum Gasteiger partial charge on any atom is 0.336 e. The third-order valence-corrected chi connectivity index (χ3v) is 5.11. The minimum absolute atomic E-state index is 0.0357. The van der Waals surface area contributed by atoms with Gasteiger partial charge in [0.1, 0.15) is 22.7 Å². The Balaban J connectivity index is 0.000000194. The van der Waals surface area contributed by atoms with Crippen LogP contribution in [-0.4, -0.2) is 37.3 Å². The van der Waals surface area contributed by atoms with Gasteiger partial charge in [0.05, 0.1) is 7.11 Å². The molecule has 0 fully saturated rings. The maximum absolute atomic E-state index is 11.9. The molecule has 4 aromatic rings. The van der Waals surface area contributed by atoms with Crippen molar-refractivity contribution in [3.8, 4) is 5.75 Å². The average molecular weight is 456 g/mol. The van der Waals surface area contributed by atoms with Crippen LogP contribution < -0.4 is 21.6 Å². The van der Waals surface area contributed by atoms with Gasteiger partial charge in [-0.1, -0.05) is 0 Å². The lowest BCUT2D eigenvalue weighted by atomic mass is 10.1. The smallest absolute Gasteiger partial charge is 0.336 e. The van der Waals surface area contributed by atoms with E-state index in [1.807, 2.05) is 19.1 Å². The number of aromatic amines is 1. The van der Waals surface area contributed by atoms with E-state index in [0.717, 1.165) is 15.5 Å². The molecule has 0 saturated heterocycles. The monoisotopic (exact) mass is 456 g/mol. The van der Waals surface area contributed by atoms with E-state index in [1.165, 1.54) is 24.7 Å². The molecule has 3 aromatic heterocycles. The lowest BCUT2D eigenvalue weighted by molar-refractivity contribution is -0.137. The molecule has 0 saturated carbocycles. The molecule has 0 aliphatic heterocycles. The average Bonchev–Trinajstić information content (AvgIpc) is 3.20. The Bertz CT molecular complexity index is 1510. The number of methoxy groups -OCH3 is 1. The highest BCUT2D eigenvalue weighted by Crippen LogP contribution is 2.21. The van der Waals surface area contributed by atoms with E-state index in [4.69, 9.17) is 14.3 Å². The number of carboxylic acid groups (broad SMARTS) is 1. The van der Waals surface area contributed by atoms with Crippen LogP contribution in [0.3, 0.4) is 0 Å². The van der Waals surface area contributed by atoms with Gasteiger partial charge in [-0.05, 0) is 31.0 Å². The number of carbonyl (C=O) groups is 1. The minimum atomic E-state index is -0.876. The summed E-state index contributed by atoms with van der Waals surface area (Å²) in [5.41, 5.74) is 0.820. The number of aryl methyl sites for hydroxylation is 3. The van der Waals surface area contributed by atoms with E-state index in [0.29, 0.717) is 35.6 Å². The number of H-pyrrole nitrogens is 1. The van der Waals surface area contributed by atoms with Crippen LogP contribution in [0, 0.1) is 6.92 Å². The highest BCUT2D eigenvalue weighted by atomic mass is 16.5. The fourth-order valence-corrected chi connectivity index (χ4v) is 3.33. The number of ether oxygens (including phenoxy) is 1. The van der Waals surface area contributed by atoms with Crippen molar-refractivity contribution in [3.05, 3.63) is 66.9 Å². The van der Waals surface area contributed by atoms with Crippen LogP contribution in [0.5, 0.6) is 5.75 Å². The van der Waals surface area contributed by atoms with Crippen molar-refractivity contribution in [2.75, 3.05) is 7.11 Å². The molecule has 0 spiro atoms. The van der Waals surface area contributed by atoms with Gasteiger partial charge in [-0.25, -0.2) is 14.6 Å². The predicted molar refractivity (Wildman–Crippen MR) is 121 cm³/mol. The van der Waals surface area contributed by atoms with Gasteiger partial charge in [0, 0.05) is 44.5 Å². The quantitative estimate of drug-likeness (QED) is 0.429. The fourth-order valence-electron chi connectivity index (χ4n) is 3.33. The number of benzene rings is 1. The van der Waals surface area contributed by atoms with Gasteiger partial charge in [0.2, 0.25) is 0 Å². The number of fused-ring (bicyclic) bond motifs is 2. The predicted octanol–water partition coefficient (Wildman–Crippen LogP) is 1.48. The molecule has 2 N–H and O–H groups in total. The molecular formula is C22H24N4O7. The summed E-state index contributed by atoms with van der Waals surface area (Å²) in [6.45, 7) is 1.88. The van der Waals surface area contributed by atoms with Gasteiger partial charge in [-0.2, -0.15) is 0 Å². The highest BCUT2D eigenvalue weighted by molar-refractivity contribution is 5.81. The topological polar surface area (TPSA) is 149 Å². The van der Waals surface area contributed by atoms with Gasteiger partial charge >= 0.3 is 17.3 Å². The summed E-state index contributed by atoms with van der Waals surface area (Å²) in [6.07, 6.45) is 0.871. The van der Waals surface area contributed by atoms with Gasteiger partial charge < -0.3 is 19.2 Å². The first-order chi connectivity index (χ1) is 15.6. The van der Waals surface area contributed by atoms with Crippen LogP contribution in [0.25, 0.3) is 22.1 Å². The molecule has 0 aliphatic carbocycles. The zero-order valence-electron chi connectivity index (χ0n) is 18.7. The van der Waals surface area contributed by atoms with E-state index in [-0.39, 0.29) is 17.6 Å². The maximum atomic E-state index is 11.9. The molecule has 4 rings (SSSR count). The Morgan fingerprint density at radius 2 is 1.91 bits per heavy atom. The number of carboxylic acids is 1. The summed E-state index contributed by atoms with van der Waals surface area (Å²) < 4.78 is 12.4. The molecular weight excluding hydrogens is 432 g/mol. The van der Waals surface area contributed by atoms with E-state index < -0.39 is 17.2 Å². The van der Waals surface area contributed by atoms with Crippen LogP contribution in [0.4, 0.5) is 0 Å². The van der Waals surface area contributed by atoms with E-state index in [2.05, 4.69) is 9.97 Å². The molecule has 0 aliphatic rings. The fraction of sp³-hybridized carbons (Fsp3) is 0.318. The molecule has 0 unspecified atom stereocenters. The molecule has 11 nitrogen and oxygen atoms in total. The number of hydrogen-bond acceptors (Lipinski definition) is 7. The SMILES string of the molecule is COc1ccc2c(C)cc(=O)oc2c1.Cn1c(=O)c2[nH]c(CCCC(=O)O)nc2n(C)c1=O. The Morgan fingerprint density at radius 3 is 2.58 bits per heavy atom. The lowest BCUT2D eigenvalue weighted by Crippen LogP contribution is -2.36. The van der Waals surface area contributed by atoms with Crippen molar-refractivity contribution >= 4 is 28.1 Å². The Hall–Kier alpha value is -4.15. The summed E-state index contributed by atoms with van der Waals surface area (Å²) in [5.74, 6) is 0.320. The van der Waals surface area contributed by atoms with Crippen LogP contribution >= 0.6 is 0 Å². The summed E-state index contributed by atoms with van der Waals surface area (Å²) in [5, 5.41) is 9.50. The minimum Gasteiger partial charge on any atom is -0.497 e. The first kappa shape index (κ1) is 23.5. The molecule has 0 atom stereocenters. The molecule has 1 aromatic carbocycles. The van der Waals surface area contributed by atoms with Crippen molar-refractivity contribution in [3.63, 3.8) is 0 Å². The van der Waals surface area contributed by atoms with Crippen LogP contribution in [0.2, 0.25) is 0 Å². The second-order valence-corrected chi connectivity index (χ2v) is 7.45. The molecule has 174 valence electrons. The molecule has 0 amide bonds. The number of imidazole rings is 1. The zero-order valence-corrected chi connectivity index (χ0v) is 18.7. The Kier molecular flexibility index (Phi) is 6.80. The normalized spacial score (nSPS) is 10.8. The Labute approximate surface area is 186 Å². The Morgan fingerprint density at radius 1 is 1.18 bits per heavy atom. The first-order valence-electron chi connectivity index (χ1n) is 10.1. The summed E-state index contributed by atoms with van der Waals surface area (Å²) in [6, 6.07) is 6.92. The number of aliphatic carboxylic acids is 1. The third kappa shape index (κ3) is 5.03. The van der Waals surface area contributed by atoms with Gasteiger partial charge in [0.15, 0.2) is 5.65 Å². The van der Waals surface area contributed by atoms with E-state index >= 15 is 0 Å². The number of aromatic nitrogens is 4. The van der Waals surface area contributed by atoms with Crippen molar-refractivity contribution in [2.45, 2.75) is 26.2 Å². The largest absolute Gasteiger partial charge is 0.497 e. The lowest BCUT2D eigenvalue weighted by Gasteiger charge is -2.02. The second kappa shape index (κ2) is 9.55. The number of rotatable bonds is 5. The van der Waals surface area contributed by atoms with Crippen molar-refractivity contribution < 1.29 is 19.1 Å². The van der Waals surface area contributed by atoms with Crippen LogP contribution in [0.1, 0.15) is 24.2 Å². The van der Waals surface area contributed by atoms with Crippen LogP contribution in [-0.2, 0) is 25.3 Å². The molecule has 0 radical (unpaired) electrons. The molecule has 0 bridgehead atoms. The van der Waals surface area contributed by atoms with Gasteiger partial charge in [0.25, 0.3) is 5.56 Å². The third-order valence-electron chi connectivity index (χ3n) is 5.11. The van der Waals surface area contributed by atoms with Crippen LogP contribution in [0.15, 0.2) is 43.1 Å². The zero-order chi connectivity index (χ0) is 24.3.